The molecule has 0 heterocycles. The minimum absolute atomic E-state index is 0.0209. The Bertz CT molecular complexity index is 1470. The lowest BCUT2D eigenvalue weighted by atomic mass is 9.95. The highest BCUT2D eigenvalue weighted by Crippen LogP contribution is 2.26. The number of halogens is 1. The van der Waals surface area contributed by atoms with Crippen molar-refractivity contribution in [3.63, 3.8) is 0 Å². The van der Waals surface area contributed by atoms with E-state index in [0.717, 1.165) is 46.7 Å². The number of sulfonamides is 1. The monoisotopic (exact) mass is 609 g/mol. The van der Waals surface area contributed by atoms with Gasteiger partial charge in [0.1, 0.15) is 12.6 Å². The molecule has 7 nitrogen and oxygen atoms in total. The van der Waals surface area contributed by atoms with E-state index >= 15 is 0 Å². The number of hydrogen-bond donors (Lipinski definition) is 1. The van der Waals surface area contributed by atoms with Gasteiger partial charge >= 0.3 is 0 Å². The van der Waals surface area contributed by atoms with Crippen LogP contribution in [0.2, 0.25) is 5.02 Å². The lowest BCUT2D eigenvalue weighted by molar-refractivity contribution is -0.140. The third kappa shape index (κ3) is 7.92. The van der Waals surface area contributed by atoms with Crippen LogP contribution in [0.5, 0.6) is 0 Å². The van der Waals surface area contributed by atoms with Gasteiger partial charge in [0.05, 0.1) is 10.6 Å². The Morgan fingerprint density at radius 1 is 0.929 bits per heavy atom. The molecule has 2 amide bonds. The largest absolute Gasteiger partial charge is 0.352 e. The molecule has 1 aliphatic rings. The van der Waals surface area contributed by atoms with Crippen LogP contribution in [0.1, 0.15) is 62.1 Å². The normalized spacial score (nSPS) is 14.7. The average molecular weight is 610 g/mol. The SMILES string of the molecule is CC[C@@H](C(=O)NC1CCCCC1)N(Cc1cccc(C)c1)C(=O)CN(c1ccc(C)cc1)S(=O)(=O)c1ccc(Cl)cc1. The minimum Gasteiger partial charge on any atom is -0.352 e. The van der Waals surface area contributed by atoms with E-state index in [1.165, 1.54) is 35.6 Å². The van der Waals surface area contributed by atoms with Crippen LogP contribution in [0.4, 0.5) is 5.69 Å². The molecule has 1 fully saturated rings. The number of carbonyl (C=O) groups is 2. The molecule has 224 valence electrons. The summed E-state index contributed by atoms with van der Waals surface area (Å²) in [6, 6.07) is 20.0. The summed E-state index contributed by atoms with van der Waals surface area (Å²) in [5, 5.41) is 3.59. The van der Waals surface area contributed by atoms with Crippen LogP contribution in [-0.4, -0.2) is 43.8 Å². The van der Waals surface area contributed by atoms with E-state index < -0.39 is 28.5 Å². The van der Waals surface area contributed by atoms with Crippen LogP contribution < -0.4 is 9.62 Å². The van der Waals surface area contributed by atoms with Crippen molar-refractivity contribution in [3.8, 4) is 0 Å². The van der Waals surface area contributed by atoms with Gasteiger partial charge in [-0.3, -0.25) is 13.9 Å². The maximum absolute atomic E-state index is 14.2. The lowest BCUT2D eigenvalue weighted by Gasteiger charge is -2.34. The van der Waals surface area contributed by atoms with Gasteiger partial charge in [-0.1, -0.05) is 85.3 Å². The first-order chi connectivity index (χ1) is 20.1. The van der Waals surface area contributed by atoms with Gasteiger partial charge in [0.25, 0.3) is 10.0 Å². The number of amides is 2. The fourth-order valence-electron chi connectivity index (χ4n) is 5.44. The maximum atomic E-state index is 14.2. The molecule has 0 bridgehead atoms. The molecule has 42 heavy (non-hydrogen) atoms. The van der Waals surface area contributed by atoms with Crippen molar-refractivity contribution in [1.29, 1.82) is 0 Å². The van der Waals surface area contributed by atoms with Crippen molar-refractivity contribution in [2.75, 3.05) is 10.8 Å². The van der Waals surface area contributed by atoms with Gasteiger partial charge in [0.15, 0.2) is 0 Å². The zero-order valence-corrected chi connectivity index (χ0v) is 26.1. The average Bonchev–Trinajstić information content (AvgIpc) is 2.97. The molecule has 0 radical (unpaired) electrons. The lowest BCUT2D eigenvalue weighted by Crippen LogP contribution is -2.54. The summed E-state index contributed by atoms with van der Waals surface area (Å²) in [6.07, 6.45) is 5.55. The second-order valence-corrected chi connectivity index (χ2v) is 13.4. The molecule has 1 N–H and O–H groups in total. The van der Waals surface area contributed by atoms with Gasteiger partial charge in [-0.2, -0.15) is 0 Å². The van der Waals surface area contributed by atoms with Crippen LogP contribution >= 0.6 is 11.6 Å². The molecule has 0 spiro atoms. The number of nitrogens with one attached hydrogen (secondary N) is 1. The van der Waals surface area contributed by atoms with E-state index in [1.54, 1.807) is 24.3 Å². The Labute approximate surface area is 254 Å². The number of rotatable bonds is 11. The van der Waals surface area contributed by atoms with Crippen LogP contribution in [0.3, 0.4) is 0 Å². The molecule has 1 atom stereocenters. The maximum Gasteiger partial charge on any atom is 0.264 e. The summed E-state index contributed by atoms with van der Waals surface area (Å²) in [4.78, 5) is 29.4. The molecule has 0 unspecified atom stereocenters. The predicted molar refractivity (Wildman–Crippen MR) is 168 cm³/mol. The highest BCUT2D eigenvalue weighted by atomic mass is 35.5. The van der Waals surface area contributed by atoms with Crippen LogP contribution in [-0.2, 0) is 26.2 Å². The first-order valence-corrected chi connectivity index (χ1v) is 16.4. The van der Waals surface area contributed by atoms with E-state index in [0.29, 0.717) is 17.1 Å². The van der Waals surface area contributed by atoms with Gasteiger partial charge < -0.3 is 10.2 Å². The van der Waals surface area contributed by atoms with Crippen LogP contribution in [0, 0.1) is 13.8 Å². The first kappa shape index (κ1) is 31.6. The number of anilines is 1. The number of nitrogens with zero attached hydrogens (tertiary/aromatic N) is 2. The van der Waals surface area contributed by atoms with Crippen molar-refractivity contribution < 1.29 is 18.0 Å². The summed E-state index contributed by atoms with van der Waals surface area (Å²) in [5.74, 6) is -0.659. The van der Waals surface area contributed by atoms with Gasteiger partial charge in [0.2, 0.25) is 11.8 Å². The molecule has 9 heteroatoms. The number of hydrogen-bond acceptors (Lipinski definition) is 4. The molecule has 0 aliphatic heterocycles. The van der Waals surface area contributed by atoms with E-state index in [-0.39, 0.29) is 23.4 Å². The second-order valence-electron chi connectivity index (χ2n) is 11.1. The Hall–Kier alpha value is -3.36. The molecule has 0 aromatic heterocycles. The van der Waals surface area contributed by atoms with Crippen LogP contribution in [0.25, 0.3) is 0 Å². The number of benzene rings is 3. The molecular weight excluding hydrogens is 570 g/mol. The van der Waals surface area contributed by atoms with Gasteiger partial charge in [0, 0.05) is 17.6 Å². The van der Waals surface area contributed by atoms with Crippen molar-refractivity contribution in [2.24, 2.45) is 0 Å². The topological polar surface area (TPSA) is 86.8 Å². The van der Waals surface area contributed by atoms with Crippen molar-refractivity contribution in [1.82, 2.24) is 10.2 Å². The molecule has 1 aliphatic carbocycles. The highest BCUT2D eigenvalue weighted by Gasteiger charge is 2.34. The van der Waals surface area contributed by atoms with Gasteiger partial charge in [-0.15, -0.1) is 0 Å². The van der Waals surface area contributed by atoms with Crippen LogP contribution in [0.15, 0.2) is 77.7 Å². The third-order valence-electron chi connectivity index (χ3n) is 7.78. The zero-order chi connectivity index (χ0) is 30.3. The molecule has 1 saturated carbocycles. The summed E-state index contributed by atoms with van der Waals surface area (Å²) in [6.45, 7) is 5.48. The predicted octanol–water partition coefficient (Wildman–Crippen LogP) is 6.41. The highest BCUT2D eigenvalue weighted by molar-refractivity contribution is 7.92. The second kappa shape index (κ2) is 14.2. The Kier molecular flexibility index (Phi) is 10.7. The Morgan fingerprint density at radius 2 is 1.60 bits per heavy atom. The van der Waals surface area contributed by atoms with Crippen molar-refractivity contribution in [2.45, 2.75) is 82.8 Å². The molecule has 0 saturated heterocycles. The fourth-order valence-corrected chi connectivity index (χ4v) is 6.98. The molecule has 3 aromatic rings. The van der Waals surface area contributed by atoms with Gasteiger partial charge in [-0.25, -0.2) is 8.42 Å². The van der Waals surface area contributed by atoms with E-state index in [9.17, 15) is 18.0 Å². The fraction of sp³-hybridized carbons (Fsp3) is 0.394. The number of aryl methyl sites for hydroxylation is 2. The van der Waals surface area contributed by atoms with Crippen molar-refractivity contribution in [3.05, 3.63) is 94.5 Å². The molecule has 3 aromatic carbocycles. The Balaban J connectivity index is 1.70. The zero-order valence-electron chi connectivity index (χ0n) is 24.6. The Morgan fingerprint density at radius 3 is 2.21 bits per heavy atom. The summed E-state index contributed by atoms with van der Waals surface area (Å²) < 4.78 is 29.0. The van der Waals surface area contributed by atoms with Crippen molar-refractivity contribution >= 4 is 39.1 Å². The quantitative estimate of drug-likeness (QED) is 0.272. The first-order valence-electron chi connectivity index (χ1n) is 14.6. The summed E-state index contributed by atoms with van der Waals surface area (Å²) in [5.41, 5.74) is 3.22. The molecular formula is C33H40ClN3O4S. The van der Waals surface area contributed by atoms with E-state index in [2.05, 4.69) is 5.32 Å². The minimum atomic E-state index is -4.14. The smallest absolute Gasteiger partial charge is 0.264 e. The molecule has 4 rings (SSSR count). The number of carbonyl (C=O) groups excluding carboxylic acids is 2. The summed E-state index contributed by atoms with van der Waals surface area (Å²) >= 11 is 6.03. The van der Waals surface area contributed by atoms with Gasteiger partial charge in [-0.05, 0) is 75.1 Å². The third-order valence-corrected chi connectivity index (χ3v) is 9.82. The van der Waals surface area contributed by atoms with E-state index in [4.69, 9.17) is 11.6 Å². The standard InChI is InChI=1S/C33H40ClN3O4S/c1-4-31(33(39)35-28-11-6-5-7-12-28)36(22-26-10-8-9-25(3)21-26)32(38)23-37(29-17-13-24(2)14-18-29)42(40,41)30-19-15-27(34)16-20-30/h8-10,13-21,28,31H,4-7,11-12,22-23H2,1-3H3,(H,35,39)/t31-/m0/s1. The summed E-state index contributed by atoms with van der Waals surface area (Å²) in [7, 11) is -4.14. The van der Waals surface area contributed by atoms with E-state index in [1.807, 2.05) is 45.0 Å².